The molecule has 1 aliphatic rings. The molecule has 2 aromatic rings. The number of nitrogens with one attached hydrogen (secondary N) is 1. The number of rotatable bonds is 3. The highest BCUT2D eigenvalue weighted by Crippen LogP contribution is 2.16. The van der Waals surface area contributed by atoms with Crippen molar-refractivity contribution in [3.63, 3.8) is 0 Å². The van der Waals surface area contributed by atoms with Gasteiger partial charge < -0.3 is 19.7 Å². The van der Waals surface area contributed by atoms with Gasteiger partial charge in [-0.05, 0) is 31.4 Å². The number of aliphatic carboxylic acids is 1. The third kappa shape index (κ3) is 3.44. The Morgan fingerprint density at radius 3 is 3.00 bits per heavy atom. The molecule has 3 rings (SSSR count). The van der Waals surface area contributed by atoms with Crippen molar-refractivity contribution in [3.05, 3.63) is 35.8 Å². The number of piperidine rings is 1. The van der Waals surface area contributed by atoms with Gasteiger partial charge in [0, 0.05) is 25.5 Å². The summed E-state index contributed by atoms with van der Waals surface area (Å²) >= 11 is 0. The van der Waals surface area contributed by atoms with E-state index in [-0.39, 0.29) is 12.6 Å². The highest BCUT2D eigenvalue weighted by molar-refractivity contribution is 5.76. The van der Waals surface area contributed by atoms with Crippen LogP contribution in [-0.2, 0) is 11.3 Å². The largest absolute Gasteiger partial charge is 0.481 e. The van der Waals surface area contributed by atoms with Gasteiger partial charge in [-0.15, -0.1) is 0 Å². The van der Waals surface area contributed by atoms with Crippen molar-refractivity contribution in [1.82, 2.24) is 19.6 Å². The quantitative estimate of drug-likeness (QED) is 0.901. The highest BCUT2D eigenvalue weighted by atomic mass is 16.4. The molecular weight excluding hydrogens is 296 g/mol. The van der Waals surface area contributed by atoms with E-state index in [1.807, 2.05) is 35.9 Å². The number of imidazole rings is 1. The predicted octanol–water partition coefficient (Wildman–Crippen LogP) is 1.65. The number of hydrogen-bond donors (Lipinski definition) is 2. The Morgan fingerprint density at radius 2 is 2.22 bits per heavy atom. The maximum absolute atomic E-state index is 12.2. The highest BCUT2D eigenvalue weighted by Gasteiger charge is 2.27. The molecule has 3 heterocycles. The van der Waals surface area contributed by atoms with Crippen LogP contribution in [0.5, 0.6) is 0 Å². The van der Waals surface area contributed by atoms with Crippen LogP contribution < -0.4 is 5.32 Å². The standard InChI is InChI=1S/C16H20N4O3/c1-11-4-5-14-18-13(10-20(14)8-11)7-17-16(23)19-6-2-3-12(9-19)15(21)22/h4-5,8,10,12H,2-3,6-7,9H2,1H3,(H,17,23)(H,21,22). The van der Waals surface area contributed by atoms with Crippen LogP contribution in [0.15, 0.2) is 24.5 Å². The Morgan fingerprint density at radius 1 is 1.39 bits per heavy atom. The number of aromatic nitrogens is 2. The van der Waals surface area contributed by atoms with Gasteiger partial charge in [-0.2, -0.15) is 0 Å². The van der Waals surface area contributed by atoms with Gasteiger partial charge in [-0.3, -0.25) is 4.79 Å². The summed E-state index contributed by atoms with van der Waals surface area (Å²) < 4.78 is 1.93. The van der Waals surface area contributed by atoms with Crippen molar-refractivity contribution < 1.29 is 14.7 Å². The van der Waals surface area contributed by atoms with E-state index < -0.39 is 11.9 Å². The zero-order valence-corrected chi connectivity index (χ0v) is 13.0. The first-order valence-corrected chi connectivity index (χ1v) is 7.73. The first-order valence-electron chi connectivity index (χ1n) is 7.73. The maximum atomic E-state index is 12.2. The second-order valence-corrected chi connectivity index (χ2v) is 5.99. The lowest BCUT2D eigenvalue weighted by atomic mass is 9.99. The Hall–Kier alpha value is -2.57. The number of nitrogens with zero attached hydrogens (tertiary/aromatic N) is 3. The molecule has 7 nitrogen and oxygen atoms in total. The van der Waals surface area contributed by atoms with Gasteiger partial charge in [-0.1, -0.05) is 6.07 Å². The summed E-state index contributed by atoms with van der Waals surface area (Å²) in [5.74, 6) is -1.30. The third-order valence-corrected chi connectivity index (χ3v) is 4.13. The molecule has 122 valence electrons. The summed E-state index contributed by atoms with van der Waals surface area (Å²) in [5, 5.41) is 11.9. The molecule has 0 radical (unpaired) electrons. The molecule has 23 heavy (non-hydrogen) atoms. The number of fused-ring (bicyclic) bond motifs is 1. The van der Waals surface area contributed by atoms with Crippen LogP contribution in [0, 0.1) is 12.8 Å². The third-order valence-electron chi connectivity index (χ3n) is 4.13. The van der Waals surface area contributed by atoms with Crippen LogP contribution >= 0.6 is 0 Å². The van der Waals surface area contributed by atoms with Crippen LogP contribution in [-0.4, -0.2) is 44.5 Å². The van der Waals surface area contributed by atoms with Gasteiger partial charge in [0.2, 0.25) is 0 Å². The van der Waals surface area contributed by atoms with E-state index in [1.54, 1.807) is 4.90 Å². The fourth-order valence-corrected chi connectivity index (χ4v) is 2.88. The van der Waals surface area contributed by atoms with Crippen molar-refractivity contribution in [3.8, 4) is 0 Å². The number of pyridine rings is 1. The van der Waals surface area contributed by atoms with Gasteiger partial charge >= 0.3 is 12.0 Å². The molecule has 0 saturated carbocycles. The van der Waals surface area contributed by atoms with Crippen molar-refractivity contribution in [2.45, 2.75) is 26.3 Å². The van der Waals surface area contributed by atoms with E-state index in [0.29, 0.717) is 19.5 Å². The second kappa shape index (κ2) is 6.28. The summed E-state index contributed by atoms with van der Waals surface area (Å²) in [6.07, 6.45) is 5.22. The summed E-state index contributed by atoms with van der Waals surface area (Å²) in [7, 11) is 0. The molecule has 1 saturated heterocycles. The molecule has 0 spiro atoms. The average molecular weight is 316 g/mol. The topological polar surface area (TPSA) is 86.9 Å². The number of carbonyl (C=O) groups excluding carboxylic acids is 1. The van der Waals surface area contributed by atoms with E-state index >= 15 is 0 Å². The average Bonchev–Trinajstić information content (AvgIpc) is 2.94. The maximum Gasteiger partial charge on any atom is 0.317 e. The molecule has 2 N–H and O–H groups in total. The lowest BCUT2D eigenvalue weighted by molar-refractivity contribution is -0.143. The predicted molar refractivity (Wildman–Crippen MR) is 84.1 cm³/mol. The van der Waals surface area contributed by atoms with Gasteiger partial charge in [0.05, 0.1) is 18.2 Å². The molecule has 1 fully saturated rings. The van der Waals surface area contributed by atoms with E-state index in [1.165, 1.54) is 0 Å². The lowest BCUT2D eigenvalue weighted by Crippen LogP contribution is -2.46. The molecule has 1 unspecified atom stereocenters. The van der Waals surface area contributed by atoms with Gasteiger partial charge in [-0.25, -0.2) is 9.78 Å². The van der Waals surface area contributed by atoms with E-state index in [0.717, 1.165) is 23.3 Å². The van der Waals surface area contributed by atoms with Crippen LogP contribution in [0.25, 0.3) is 5.65 Å². The molecule has 2 amide bonds. The normalized spacial score (nSPS) is 18.1. The Balaban J connectivity index is 1.60. The van der Waals surface area contributed by atoms with E-state index in [9.17, 15) is 9.59 Å². The number of amides is 2. The molecular formula is C16H20N4O3. The molecule has 1 atom stereocenters. The van der Waals surface area contributed by atoms with Crippen molar-refractivity contribution in [1.29, 1.82) is 0 Å². The zero-order chi connectivity index (χ0) is 16.4. The summed E-state index contributed by atoms with van der Waals surface area (Å²) in [5.41, 5.74) is 2.75. The SMILES string of the molecule is Cc1ccc2nc(CNC(=O)N3CCCC(C(=O)O)C3)cn2c1. The van der Waals surface area contributed by atoms with Gasteiger partial charge in [0.15, 0.2) is 0 Å². The molecule has 0 aromatic carbocycles. The zero-order valence-electron chi connectivity index (χ0n) is 13.0. The molecule has 7 heteroatoms. The first-order chi connectivity index (χ1) is 11.0. The monoisotopic (exact) mass is 316 g/mol. The Kier molecular flexibility index (Phi) is 4.18. The number of carboxylic acids is 1. The minimum absolute atomic E-state index is 0.232. The number of urea groups is 1. The number of aryl methyl sites for hydroxylation is 1. The summed E-state index contributed by atoms with van der Waals surface area (Å²) in [4.78, 5) is 29.3. The van der Waals surface area contributed by atoms with Gasteiger partial charge in [0.25, 0.3) is 0 Å². The fourth-order valence-electron chi connectivity index (χ4n) is 2.88. The van der Waals surface area contributed by atoms with E-state index in [4.69, 9.17) is 5.11 Å². The van der Waals surface area contributed by atoms with Crippen molar-refractivity contribution in [2.75, 3.05) is 13.1 Å². The van der Waals surface area contributed by atoms with Crippen LogP contribution in [0.2, 0.25) is 0 Å². The van der Waals surface area contributed by atoms with Crippen molar-refractivity contribution >= 4 is 17.6 Å². The number of carbonyl (C=O) groups is 2. The fraction of sp³-hybridized carbons (Fsp3) is 0.438. The second-order valence-electron chi connectivity index (χ2n) is 5.99. The summed E-state index contributed by atoms with van der Waals surface area (Å²) in [6, 6.07) is 3.69. The summed E-state index contributed by atoms with van der Waals surface area (Å²) in [6.45, 7) is 3.20. The van der Waals surface area contributed by atoms with E-state index in [2.05, 4.69) is 10.3 Å². The van der Waals surface area contributed by atoms with Gasteiger partial charge in [0.1, 0.15) is 5.65 Å². The van der Waals surface area contributed by atoms with Crippen LogP contribution in [0.3, 0.4) is 0 Å². The minimum atomic E-state index is -0.835. The number of hydrogen-bond acceptors (Lipinski definition) is 3. The first kappa shape index (κ1) is 15.3. The number of carboxylic acid groups (broad SMARTS) is 1. The Bertz CT molecular complexity index is 740. The van der Waals surface area contributed by atoms with Crippen LogP contribution in [0.1, 0.15) is 24.1 Å². The molecule has 1 aliphatic heterocycles. The van der Waals surface area contributed by atoms with Crippen molar-refractivity contribution in [2.24, 2.45) is 5.92 Å². The Labute approximate surface area is 133 Å². The minimum Gasteiger partial charge on any atom is -0.481 e. The smallest absolute Gasteiger partial charge is 0.317 e. The van der Waals surface area contributed by atoms with Crippen LogP contribution in [0.4, 0.5) is 4.79 Å². The molecule has 0 bridgehead atoms. The lowest BCUT2D eigenvalue weighted by Gasteiger charge is -2.30. The number of likely N-dealkylation sites (tertiary alicyclic amines) is 1. The molecule has 2 aromatic heterocycles. The molecule has 0 aliphatic carbocycles.